The first kappa shape index (κ1) is 7.15. The van der Waals surface area contributed by atoms with Crippen molar-refractivity contribution < 1.29 is 4.21 Å². The summed E-state index contributed by atoms with van der Waals surface area (Å²) in [6, 6.07) is 0. The van der Waals surface area contributed by atoms with Crippen LogP contribution in [0.2, 0.25) is 0 Å². The van der Waals surface area contributed by atoms with Crippen molar-refractivity contribution in [2.75, 3.05) is 5.75 Å². The highest BCUT2D eigenvalue weighted by molar-refractivity contribution is 8.64. The molecule has 0 bridgehead atoms. The lowest BCUT2D eigenvalue weighted by Gasteiger charge is -1.80. The molecule has 0 radical (unpaired) electrons. The zero-order valence-electron chi connectivity index (χ0n) is 4.22. The summed E-state index contributed by atoms with van der Waals surface area (Å²) < 4.78 is 10.1. The molecule has 0 saturated heterocycles. The molecule has 0 amide bonds. The van der Waals surface area contributed by atoms with Gasteiger partial charge < -0.3 is 0 Å². The van der Waals surface area contributed by atoms with Crippen LogP contribution in [0.1, 0.15) is 13.3 Å². The van der Waals surface area contributed by atoms with Gasteiger partial charge in [-0.2, -0.15) is 0 Å². The molecule has 0 heterocycles. The second kappa shape index (κ2) is 4.31. The Hall–Kier alpha value is 0.150. The van der Waals surface area contributed by atoms with E-state index in [1.807, 2.05) is 6.92 Å². The van der Waals surface area contributed by atoms with Gasteiger partial charge in [0.15, 0.2) is 0 Å². The van der Waals surface area contributed by atoms with Crippen LogP contribution in [-0.4, -0.2) is 9.96 Å². The molecule has 0 aromatic rings. The van der Waals surface area contributed by atoms with Crippen LogP contribution in [0.3, 0.4) is 0 Å². The minimum atomic E-state index is -1.15. The van der Waals surface area contributed by atoms with E-state index < -0.39 is 9.24 Å². The first-order chi connectivity index (χ1) is 3.27. The standard InChI is InChI=1S/C4H8OS2/c1-3-4-6-7(2)5/h2H,3-4H2,1H3. The van der Waals surface area contributed by atoms with Crippen molar-refractivity contribution in [3.8, 4) is 5.69 Å². The first-order valence-corrected chi connectivity index (χ1v) is 4.78. The van der Waals surface area contributed by atoms with E-state index in [0.717, 1.165) is 12.2 Å². The Kier molecular flexibility index (Phi) is 4.41. The van der Waals surface area contributed by atoms with Crippen molar-refractivity contribution in [2.24, 2.45) is 0 Å². The highest BCUT2D eigenvalue weighted by Crippen LogP contribution is 1.98. The van der Waals surface area contributed by atoms with E-state index in [1.165, 1.54) is 10.8 Å². The first-order valence-electron chi connectivity index (χ1n) is 2.06. The van der Waals surface area contributed by atoms with E-state index in [2.05, 4.69) is 0 Å². The van der Waals surface area contributed by atoms with Gasteiger partial charge in [-0.15, -0.1) is 0 Å². The van der Waals surface area contributed by atoms with Crippen LogP contribution in [0.4, 0.5) is 0 Å². The lowest BCUT2D eigenvalue weighted by Crippen LogP contribution is -1.68. The summed E-state index contributed by atoms with van der Waals surface area (Å²) in [5.74, 6) is 0.892. The molecule has 0 saturated carbocycles. The van der Waals surface area contributed by atoms with Crippen molar-refractivity contribution in [1.82, 2.24) is 0 Å². The third kappa shape index (κ3) is 6.15. The van der Waals surface area contributed by atoms with Crippen LogP contribution in [0.25, 0.3) is 0 Å². The fourth-order valence-electron chi connectivity index (χ4n) is 0.165. The van der Waals surface area contributed by atoms with Gasteiger partial charge >= 0.3 is 0 Å². The largest absolute Gasteiger partial charge is 0.210 e. The van der Waals surface area contributed by atoms with Crippen LogP contribution in [0, 0.1) is 5.69 Å². The topological polar surface area (TPSA) is 17.1 Å². The molecule has 0 aliphatic carbocycles. The van der Waals surface area contributed by atoms with E-state index in [-0.39, 0.29) is 0 Å². The van der Waals surface area contributed by atoms with Crippen molar-refractivity contribution in [3.63, 3.8) is 0 Å². The molecular weight excluding hydrogens is 128 g/mol. The lowest BCUT2D eigenvalue weighted by atomic mass is 10.6. The number of hydrogen-bond donors (Lipinski definition) is 0. The van der Waals surface area contributed by atoms with Gasteiger partial charge in [0.2, 0.25) is 0 Å². The molecule has 0 aliphatic rings. The summed E-state index contributed by atoms with van der Waals surface area (Å²) in [5.41, 5.74) is 4.91. The molecule has 0 fully saturated rings. The van der Waals surface area contributed by atoms with Crippen molar-refractivity contribution >= 4 is 20.0 Å². The maximum absolute atomic E-state index is 10.1. The molecule has 0 aliphatic heterocycles. The van der Waals surface area contributed by atoms with Crippen molar-refractivity contribution in [2.45, 2.75) is 13.3 Å². The Labute approximate surface area is 49.6 Å². The Morgan fingerprint density at radius 1 is 1.86 bits per heavy atom. The van der Waals surface area contributed by atoms with Crippen molar-refractivity contribution in [3.05, 3.63) is 0 Å². The summed E-state index contributed by atoms with van der Waals surface area (Å²) in [6.07, 6.45) is 1.04. The normalized spacial score (nSPS) is 8.57. The van der Waals surface area contributed by atoms with Crippen LogP contribution in [-0.2, 0) is 9.24 Å². The Morgan fingerprint density at radius 3 is 2.57 bits per heavy atom. The highest BCUT2D eigenvalue weighted by Gasteiger charge is 1.78. The van der Waals surface area contributed by atoms with Crippen LogP contribution in [0.5, 0.6) is 0 Å². The average molecular weight is 136 g/mol. The van der Waals surface area contributed by atoms with Crippen LogP contribution >= 0.6 is 10.8 Å². The third-order valence-electron chi connectivity index (χ3n) is 0.404. The fourth-order valence-corrected chi connectivity index (χ4v) is 1.49. The molecule has 0 aromatic carbocycles. The zero-order valence-corrected chi connectivity index (χ0v) is 5.85. The summed E-state index contributed by atoms with van der Waals surface area (Å²) in [7, 11) is 0.132. The Balaban J connectivity index is 3.04. The molecule has 0 unspecified atom stereocenters. The molecule has 7 heavy (non-hydrogen) atoms. The molecule has 0 aromatic heterocycles. The average Bonchev–Trinajstić information content (AvgIpc) is 1.61. The molecule has 0 spiro atoms. The van der Waals surface area contributed by atoms with Gasteiger partial charge in [-0.1, -0.05) is 12.6 Å². The number of hydrogen-bond acceptors (Lipinski definition) is 2. The summed E-state index contributed by atoms with van der Waals surface area (Å²) in [4.78, 5) is 0. The highest BCUT2D eigenvalue weighted by atomic mass is 33.1. The van der Waals surface area contributed by atoms with E-state index in [0.29, 0.717) is 0 Å². The maximum Gasteiger partial charge on any atom is 0.0797 e. The monoisotopic (exact) mass is 136 g/mol. The fraction of sp³-hybridized carbons (Fsp3) is 0.750. The summed E-state index contributed by atoms with van der Waals surface area (Å²) in [5, 5.41) is 0. The molecule has 0 N–H and O–H groups in total. The van der Waals surface area contributed by atoms with Gasteiger partial charge in [0.05, 0.1) is 9.24 Å². The second-order valence-corrected chi connectivity index (χ2v) is 3.94. The summed E-state index contributed by atoms with van der Waals surface area (Å²) >= 11 is 0. The number of rotatable bonds is 2. The predicted octanol–water partition coefficient (Wildman–Crippen LogP) is 1.38. The third-order valence-corrected chi connectivity index (χ3v) is 2.41. The van der Waals surface area contributed by atoms with E-state index in [1.54, 1.807) is 0 Å². The van der Waals surface area contributed by atoms with Gasteiger partial charge in [-0.3, -0.25) is 0 Å². The molecule has 42 valence electrons. The SMILES string of the molecule is C#S(=O)SCCC. The molecule has 0 rings (SSSR count). The van der Waals surface area contributed by atoms with Gasteiger partial charge in [-0.25, -0.2) is 4.21 Å². The summed E-state index contributed by atoms with van der Waals surface area (Å²) in [6.45, 7) is 2.03. The predicted molar refractivity (Wildman–Crippen MR) is 35.8 cm³/mol. The van der Waals surface area contributed by atoms with Gasteiger partial charge in [-0.05, 0) is 17.2 Å². The van der Waals surface area contributed by atoms with Crippen molar-refractivity contribution in [1.29, 1.82) is 0 Å². The van der Waals surface area contributed by atoms with Crippen LogP contribution in [0.15, 0.2) is 0 Å². The molecule has 1 nitrogen and oxygen atoms in total. The van der Waals surface area contributed by atoms with Gasteiger partial charge in [0, 0.05) is 5.75 Å². The minimum absolute atomic E-state index is 0.892. The van der Waals surface area contributed by atoms with E-state index >= 15 is 0 Å². The van der Waals surface area contributed by atoms with Gasteiger partial charge in [0.1, 0.15) is 0 Å². The Morgan fingerprint density at radius 2 is 2.43 bits per heavy atom. The lowest BCUT2D eigenvalue weighted by molar-refractivity contribution is 0.699. The molecule has 3 heteroatoms. The van der Waals surface area contributed by atoms with E-state index in [9.17, 15) is 4.21 Å². The molecule has 0 atom stereocenters. The van der Waals surface area contributed by atoms with Crippen LogP contribution < -0.4 is 0 Å². The zero-order chi connectivity index (χ0) is 5.70. The smallest absolute Gasteiger partial charge is 0.0797 e. The minimum Gasteiger partial charge on any atom is -0.210 e. The molecular formula is C4H8OS2. The quantitative estimate of drug-likeness (QED) is 0.533. The Bertz CT molecular complexity index is 133. The second-order valence-electron chi connectivity index (χ2n) is 1.08. The maximum atomic E-state index is 10.1. The van der Waals surface area contributed by atoms with Gasteiger partial charge in [0.25, 0.3) is 0 Å². The van der Waals surface area contributed by atoms with E-state index in [4.69, 9.17) is 5.69 Å².